The van der Waals surface area contributed by atoms with Crippen LogP contribution >= 0.6 is 0 Å². The van der Waals surface area contributed by atoms with Crippen molar-refractivity contribution in [2.45, 2.75) is 13.5 Å². The number of aromatic nitrogens is 4. The molecule has 132 valence electrons. The lowest BCUT2D eigenvalue weighted by Gasteiger charge is -2.02. The average Bonchev–Trinajstić information content (AvgIpc) is 3.27. The van der Waals surface area contributed by atoms with Crippen molar-refractivity contribution in [2.75, 3.05) is 0 Å². The summed E-state index contributed by atoms with van der Waals surface area (Å²) in [6, 6.07) is 17.1. The fourth-order valence-corrected chi connectivity index (χ4v) is 2.87. The van der Waals surface area contributed by atoms with Gasteiger partial charge in [0.25, 0.3) is 0 Å². The first kappa shape index (κ1) is 16.5. The summed E-state index contributed by atoms with van der Waals surface area (Å²) in [6.45, 7) is 1.69. The number of esters is 1. The van der Waals surface area contributed by atoms with Crippen molar-refractivity contribution in [3.05, 3.63) is 83.4 Å². The van der Waals surface area contributed by atoms with Crippen LogP contribution in [0.3, 0.4) is 0 Å². The molecule has 0 aliphatic rings. The van der Waals surface area contributed by atoms with Crippen LogP contribution in [-0.4, -0.2) is 25.4 Å². The highest BCUT2D eigenvalue weighted by atomic mass is 16.5. The average molecular weight is 357 g/mol. The Balaban J connectivity index is 1.56. The minimum atomic E-state index is -0.575. The molecule has 0 radical (unpaired) electrons. The van der Waals surface area contributed by atoms with E-state index in [4.69, 9.17) is 4.74 Å². The molecule has 27 heavy (non-hydrogen) atoms. The topological polar surface area (TPSA) is 85.2 Å². The lowest BCUT2D eigenvalue weighted by molar-refractivity contribution is 0.0464. The van der Waals surface area contributed by atoms with Crippen LogP contribution in [0.2, 0.25) is 0 Å². The van der Waals surface area contributed by atoms with Gasteiger partial charge in [-0.25, -0.2) is 4.79 Å². The van der Waals surface area contributed by atoms with E-state index < -0.39 is 5.97 Å². The van der Waals surface area contributed by atoms with E-state index in [0.717, 1.165) is 11.2 Å². The summed E-state index contributed by atoms with van der Waals surface area (Å²) in [5, 5.41) is 17.9. The number of benzene rings is 1. The third-order valence-electron chi connectivity index (χ3n) is 4.20. The van der Waals surface area contributed by atoms with E-state index in [1.165, 1.54) is 4.80 Å². The van der Waals surface area contributed by atoms with Crippen molar-refractivity contribution in [2.24, 2.45) is 0 Å². The Kier molecular flexibility index (Phi) is 4.15. The zero-order valence-electron chi connectivity index (χ0n) is 14.5. The van der Waals surface area contributed by atoms with E-state index in [9.17, 15) is 10.1 Å². The normalized spacial score (nSPS) is 10.7. The molecule has 0 aliphatic carbocycles. The van der Waals surface area contributed by atoms with Crippen LogP contribution < -0.4 is 0 Å². The maximum Gasteiger partial charge on any atom is 0.361 e. The molecule has 0 amide bonds. The molecular weight excluding hydrogens is 342 g/mol. The summed E-state index contributed by atoms with van der Waals surface area (Å²) >= 11 is 0. The summed E-state index contributed by atoms with van der Waals surface area (Å²) in [5.41, 5.74) is 3.30. The standard InChI is InChI=1S/C20H15N5O2/c1-14-19(23-25(22-14)16-7-3-2-4-8-16)20(26)27-13-15-12-24-10-6-5-9-18(24)17(15)11-21/h2-10,12H,13H2,1H3. The van der Waals surface area contributed by atoms with Gasteiger partial charge in [0.1, 0.15) is 12.7 Å². The summed E-state index contributed by atoms with van der Waals surface area (Å²) in [5.74, 6) is -0.575. The maximum absolute atomic E-state index is 12.5. The number of rotatable bonds is 4. The molecule has 3 heterocycles. The first-order valence-corrected chi connectivity index (χ1v) is 8.32. The Bertz CT molecular complexity index is 1170. The second kappa shape index (κ2) is 6.77. The lowest BCUT2D eigenvalue weighted by Crippen LogP contribution is -2.08. The van der Waals surface area contributed by atoms with E-state index in [1.807, 2.05) is 59.1 Å². The number of carbonyl (C=O) groups is 1. The SMILES string of the molecule is Cc1nn(-c2ccccc2)nc1C(=O)OCc1cn2ccccc2c1C#N. The van der Waals surface area contributed by atoms with Crippen LogP contribution in [0.25, 0.3) is 11.2 Å². The number of pyridine rings is 1. The van der Waals surface area contributed by atoms with Gasteiger partial charge in [-0.2, -0.15) is 15.2 Å². The fourth-order valence-electron chi connectivity index (χ4n) is 2.87. The molecule has 0 saturated heterocycles. The first-order chi connectivity index (χ1) is 13.2. The predicted molar refractivity (Wildman–Crippen MR) is 97.3 cm³/mol. The molecule has 1 aromatic carbocycles. The Morgan fingerprint density at radius 3 is 2.70 bits per heavy atom. The Hall–Kier alpha value is -3.92. The molecule has 0 spiro atoms. The highest BCUT2D eigenvalue weighted by Gasteiger charge is 2.19. The maximum atomic E-state index is 12.5. The van der Waals surface area contributed by atoms with Gasteiger partial charge in [0.2, 0.25) is 0 Å². The molecule has 0 N–H and O–H groups in total. The van der Waals surface area contributed by atoms with Gasteiger partial charge in [0.15, 0.2) is 5.69 Å². The number of carbonyl (C=O) groups excluding carboxylic acids is 1. The Morgan fingerprint density at radius 1 is 1.15 bits per heavy atom. The van der Waals surface area contributed by atoms with Crippen LogP contribution in [0.15, 0.2) is 60.9 Å². The van der Waals surface area contributed by atoms with E-state index in [-0.39, 0.29) is 12.3 Å². The molecule has 0 saturated carbocycles. The van der Waals surface area contributed by atoms with Gasteiger partial charge < -0.3 is 9.14 Å². The van der Waals surface area contributed by atoms with Crippen molar-refractivity contribution in [3.63, 3.8) is 0 Å². The van der Waals surface area contributed by atoms with Crippen molar-refractivity contribution in [1.82, 2.24) is 19.4 Å². The number of hydrogen-bond donors (Lipinski definition) is 0. The molecular formula is C20H15N5O2. The zero-order valence-corrected chi connectivity index (χ0v) is 14.5. The van der Waals surface area contributed by atoms with Crippen LogP contribution in [-0.2, 0) is 11.3 Å². The van der Waals surface area contributed by atoms with E-state index in [2.05, 4.69) is 16.3 Å². The number of fused-ring (bicyclic) bond motifs is 1. The second-order valence-corrected chi connectivity index (χ2v) is 5.97. The van der Waals surface area contributed by atoms with Gasteiger partial charge in [-0.05, 0) is 31.2 Å². The van der Waals surface area contributed by atoms with Crippen LogP contribution in [0, 0.1) is 18.3 Å². The summed E-state index contributed by atoms with van der Waals surface area (Å²) in [6.07, 6.45) is 3.63. The van der Waals surface area contributed by atoms with Crippen LogP contribution in [0.5, 0.6) is 0 Å². The Morgan fingerprint density at radius 2 is 1.93 bits per heavy atom. The highest BCUT2D eigenvalue weighted by molar-refractivity contribution is 5.88. The quantitative estimate of drug-likeness (QED) is 0.524. The summed E-state index contributed by atoms with van der Waals surface area (Å²) in [7, 11) is 0. The first-order valence-electron chi connectivity index (χ1n) is 8.32. The molecule has 4 rings (SSSR count). The van der Waals surface area contributed by atoms with E-state index in [0.29, 0.717) is 16.8 Å². The molecule has 4 aromatic rings. The third-order valence-corrected chi connectivity index (χ3v) is 4.20. The largest absolute Gasteiger partial charge is 0.456 e. The minimum absolute atomic E-state index is 0.0129. The number of nitriles is 1. The van der Waals surface area contributed by atoms with Crippen LogP contribution in [0.4, 0.5) is 0 Å². The second-order valence-electron chi connectivity index (χ2n) is 5.97. The van der Waals surface area contributed by atoms with Crippen LogP contribution in [0.1, 0.15) is 27.3 Å². The summed E-state index contributed by atoms with van der Waals surface area (Å²) < 4.78 is 7.23. The number of nitrogens with zero attached hydrogens (tertiary/aromatic N) is 5. The monoisotopic (exact) mass is 357 g/mol. The van der Waals surface area contributed by atoms with E-state index >= 15 is 0 Å². The molecule has 0 unspecified atom stereocenters. The van der Waals surface area contributed by atoms with Crippen molar-refractivity contribution >= 4 is 11.5 Å². The number of para-hydroxylation sites is 1. The lowest BCUT2D eigenvalue weighted by atomic mass is 10.2. The van der Waals surface area contributed by atoms with Crippen molar-refractivity contribution in [3.8, 4) is 11.8 Å². The molecule has 0 fully saturated rings. The molecule has 7 heteroatoms. The van der Waals surface area contributed by atoms with Gasteiger partial charge in [0, 0.05) is 18.0 Å². The smallest absolute Gasteiger partial charge is 0.361 e. The van der Waals surface area contributed by atoms with Gasteiger partial charge in [-0.15, -0.1) is 5.10 Å². The fraction of sp³-hybridized carbons (Fsp3) is 0.100. The number of hydrogen-bond acceptors (Lipinski definition) is 5. The highest BCUT2D eigenvalue weighted by Crippen LogP contribution is 2.19. The Labute approximate surface area is 155 Å². The number of ether oxygens (including phenoxy) is 1. The molecule has 0 bridgehead atoms. The van der Waals surface area contributed by atoms with Crippen molar-refractivity contribution < 1.29 is 9.53 Å². The zero-order chi connectivity index (χ0) is 18.8. The van der Waals surface area contributed by atoms with Gasteiger partial charge in [0.05, 0.1) is 22.5 Å². The predicted octanol–water partition coefficient (Wildman–Crippen LogP) is 3.06. The number of aryl methyl sites for hydroxylation is 1. The van der Waals surface area contributed by atoms with Gasteiger partial charge >= 0.3 is 5.97 Å². The summed E-state index contributed by atoms with van der Waals surface area (Å²) in [4.78, 5) is 13.9. The molecule has 0 aliphatic heterocycles. The van der Waals surface area contributed by atoms with Crippen molar-refractivity contribution in [1.29, 1.82) is 5.26 Å². The van der Waals surface area contributed by atoms with Gasteiger partial charge in [-0.3, -0.25) is 0 Å². The van der Waals surface area contributed by atoms with E-state index in [1.54, 1.807) is 13.1 Å². The molecule has 7 nitrogen and oxygen atoms in total. The molecule has 0 atom stereocenters. The molecule has 3 aromatic heterocycles. The minimum Gasteiger partial charge on any atom is -0.456 e. The third kappa shape index (κ3) is 3.04. The van der Waals surface area contributed by atoms with Gasteiger partial charge in [-0.1, -0.05) is 24.3 Å².